The zero-order chi connectivity index (χ0) is 18.1. The molecule has 0 aliphatic heterocycles. The van der Waals surface area contributed by atoms with Crippen LogP contribution in [0.2, 0.25) is 5.02 Å². The second-order valence-electron chi connectivity index (χ2n) is 5.99. The first-order valence-electron chi connectivity index (χ1n) is 8.46. The predicted molar refractivity (Wildman–Crippen MR) is 98.3 cm³/mol. The summed E-state index contributed by atoms with van der Waals surface area (Å²) >= 11 is 6.05. The lowest BCUT2D eigenvalue weighted by Gasteiger charge is -2.23. The molecule has 1 aromatic carbocycles. The maximum Gasteiger partial charge on any atom is 0.253 e. The van der Waals surface area contributed by atoms with Crippen LogP contribution in [0.15, 0.2) is 24.3 Å². The first-order valence-corrected chi connectivity index (χ1v) is 8.83. The molecule has 5 nitrogen and oxygen atoms in total. The number of likely N-dealkylation sites (N-methyl/N-ethyl adjacent to an activating group) is 1. The van der Waals surface area contributed by atoms with Crippen LogP contribution >= 0.6 is 11.6 Å². The fourth-order valence-electron chi connectivity index (χ4n) is 2.39. The summed E-state index contributed by atoms with van der Waals surface area (Å²) in [6, 6.07) is 6.22. The lowest BCUT2D eigenvalue weighted by molar-refractivity contribution is -0.124. The molecular formula is C18H28ClN3O2. The van der Waals surface area contributed by atoms with Crippen LogP contribution in [0.25, 0.3) is 0 Å². The minimum absolute atomic E-state index is 0.0232. The van der Waals surface area contributed by atoms with Gasteiger partial charge in [-0.1, -0.05) is 51.4 Å². The molecule has 0 saturated heterocycles. The van der Waals surface area contributed by atoms with E-state index < -0.39 is 6.04 Å². The summed E-state index contributed by atoms with van der Waals surface area (Å²) in [5.41, 5.74) is 0.376. The summed E-state index contributed by atoms with van der Waals surface area (Å²) in [4.78, 5) is 27.0. The van der Waals surface area contributed by atoms with Gasteiger partial charge in [0.05, 0.1) is 10.6 Å². The number of nitrogens with one attached hydrogen (secondary N) is 2. The van der Waals surface area contributed by atoms with Gasteiger partial charge in [0, 0.05) is 13.1 Å². The van der Waals surface area contributed by atoms with E-state index in [1.165, 1.54) is 0 Å². The van der Waals surface area contributed by atoms with Crippen molar-refractivity contribution >= 4 is 23.4 Å². The Morgan fingerprint density at radius 3 is 2.33 bits per heavy atom. The Morgan fingerprint density at radius 2 is 1.79 bits per heavy atom. The van der Waals surface area contributed by atoms with Crippen molar-refractivity contribution in [2.24, 2.45) is 5.92 Å². The number of hydrogen-bond acceptors (Lipinski definition) is 3. The quantitative estimate of drug-likeness (QED) is 0.717. The average Bonchev–Trinajstić information content (AvgIpc) is 2.56. The minimum atomic E-state index is -0.592. The first-order chi connectivity index (χ1) is 11.4. The predicted octanol–water partition coefficient (Wildman–Crippen LogP) is 2.55. The summed E-state index contributed by atoms with van der Waals surface area (Å²) in [6.45, 7) is 11.2. The summed E-state index contributed by atoms with van der Waals surface area (Å²) in [5, 5.41) is 6.07. The van der Waals surface area contributed by atoms with Gasteiger partial charge in [-0.25, -0.2) is 0 Å². The molecule has 0 aromatic heterocycles. The second-order valence-corrected chi connectivity index (χ2v) is 6.40. The number of carbonyl (C=O) groups is 2. The Labute approximate surface area is 149 Å². The highest BCUT2D eigenvalue weighted by Crippen LogP contribution is 2.15. The van der Waals surface area contributed by atoms with Crippen LogP contribution in [0.3, 0.4) is 0 Å². The molecule has 0 fully saturated rings. The molecule has 0 saturated carbocycles. The topological polar surface area (TPSA) is 61.4 Å². The number of nitrogens with zero attached hydrogens (tertiary/aromatic N) is 1. The highest BCUT2D eigenvalue weighted by Gasteiger charge is 2.25. The van der Waals surface area contributed by atoms with E-state index in [1.54, 1.807) is 24.3 Å². The maximum atomic E-state index is 12.4. The molecule has 1 rings (SSSR count). The molecule has 1 aromatic rings. The smallest absolute Gasteiger partial charge is 0.253 e. The van der Waals surface area contributed by atoms with Gasteiger partial charge in [-0.15, -0.1) is 0 Å². The lowest BCUT2D eigenvalue weighted by Crippen LogP contribution is -2.50. The van der Waals surface area contributed by atoms with Gasteiger partial charge in [-0.05, 0) is 31.1 Å². The molecular weight excluding hydrogens is 326 g/mol. The van der Waals surface area contributed by atoms with Crippen molar-refractivity contribution < 1.29 is 9.59 Å². The zero-order valence-electron chi connectivity index (χ0n) is 14.9. The number of amides is 2. The number of hydrogen-bond donors (Lipinski definition) is 2. The van der Waals surface area contributed by atoms with Crippen LogP contribution < -0.4 is 10.6 Å². The molecule has 2 amide bonds. The summed E-state index contributed by atoms with van der Waals surface area (Å²) < 4.78 is 0. The van der Waals surface area contributed by atoms with E-state index in [4.69, 9.17) is 11.6 Å². The van der Waals surface area contributed by atoms with Crippen molar-refractivity contribution in [3.63, 3.8) is 0 Å². The molecule has 0 radical (unpaired) electrons. The molecule has 0 aliphatic rings. The normalized spacial score (nSPS) is 12.3. The second kappa shape index (κ2) is 10.3. The SMILES string of the molecule is CCN(CC)CCNC(=O)C(NC(=O)c1ccccc1Cl)C(C)C. The minimum Gasteiger partial charge on any atom is -0.353 e. The van der Waals surface area contributed by atoms with Gasteiger partial charge in [-0.2, -0.15) is 0 Å². The Bertz CT molecular complexity index is 545. The molecule has 24 heavy (non-hydrogen) atoms. The standard InChI is InChI=1S/C18H28ClN3O2/c1-5-22(6-2)12-11-20-18(24)16(13(3)4)21-17(23)14-9-7-8-10-15(14)19/h7-10,13,16H,5-6,11-12H2,1-4H3,(H,20,24)(H,21,23). The molecule has 2 N–H and O–H groups in total. The van der Waals surface area contributed by atoms with Gasteiger partial charge < -0.3 is 15.5 Å². The van der Waals surface area contributed by atoms with E-state index in [1.807, 2.05) is 13.8 Å². The zero-order valence-corrected chi connectivity index (χ0v) is 15.7. The van der Waals surface area contributed by atoms with E-state index in [-0.39, 0.29) is 17.7 Å². The summed E-state index contributed by atoms with van der Waals surface area (Å²) in [7, 11) is 0. The number of benzene rings is 1. The Morgan fingerprint density at radius 1 is 1.17 bits per heavy atom. The van der Waals surface area contributed by atoms with E-state index >= 15 is 0 Å². The van der Waals surface area contributed by atoms with Crippen molar-refractivity contribution in [3.8, 4) is 0 Å². The number of carbonyl (C=O) groups excluding carboxylic acids is 2. The maximum absolute atomic E-state index is 12.4. The van der Waals surface area contributed by atoms with Crippen molar-refractivity contribution in [3.05, 3.63) is 34.9 Å². The van der Waals surface area contributed by atoms with Crippen LogP contribution in [0.4, 0.5) is 0 Å². The van der Waals surface area contributed by atoms with Gasteiger partial charge in [-0.3, -0.25) is 9.59 Å². The lowest BCUT2D eigenvalue weighted by atomic mass is 10.0. The fraction of sp³-hybridized carbons (Fsp3) is 0.556. The Hall–Kier alpha value is -1.59. The van der Waals surface area contributed by atoms with Gasteiger partial charge >= 0.3 is 0 Å². The number of halogens is 1. The molecule has 0 heterocycles. The van der Waals surface area contributed by atoms with E-state index in [9.17, 15) is 9.59 Å². The van der Waals surface area contributed by atoms with Crippen LogP contribution in [0, 0.1) is 5.92 Å². The van der Waals surface area contributed by atoms with Crippen LogP contribution in [0.5, 0.6) is 0 Å². The molecule has 0 bridgehead atoms. The highest BCUT2D eigenvalue weighted by atomic mass is 35.5. The molecule has 0 spiro atoms. The highest BCUT2D eigenvalue weighted by molar-refractivity contribution is 6.33. The molecule has 6 heteroatoms. The van der Waals surface area contributed by atoms with E-state index in [0.29, 0.717) is 17.1 Å². The van der Waals surface area contributed by atoms with E-state index in [2.05, 4.69) is 29.4 Å². The Balaban J connectivity index is 2.65. The van der Waals surface area contributed by atoms with Crippen LogP contribution in [-0.2, 0) is 4.79 Å². The van der Waals surface area contributed by atoms with Crippen molar-refractivity contribution in [1.29, 1.82) is 0 Å². The monoisotopic (exact) mass is 353 g/mol. The van der Waals surface area contributed by atoms with Gasteiger partial charge in [0.1, 0.15) is 6.04 Å². The van der Waals surface area contributed by atoms with Crippen molar-refractivity contribution in [2.45, 2.75) is 33.7 Å². The molecule has 1 atom stereocenters. The van der Waals surface area contributed by atoms with Crippen LogP contribution in [0.1, 0.15) is 38.1 Å². The van der Waals surface area contributed by atoms with Gasteiger partial charge in [0.2, 0.25) is 5.91 Å². The molecule has 1 unspecified atom stereocenters. The summed E-state index contributed by atoms with van der Waals surface area (Å²) in [5.74, 6) is -0.527. The van der Waals surface area contributed by atoms with Crippen molar-refractivity contribution in [1.82, 2.24) is 15.5 Å². The average molecular weight is 354 g/mol. The third kappa shape index (κ3) is 6.13. The molecule has 0 aliphatic carbocycles. The Kier molecular flexibility index (Phi) is 8.79. The number of rotatable bonds is 9. The first kappa shape index (κ1) is 20.5. The molecule has 134 valence electrons. The summed E-state index contributed by atoms with van der Waals surface area (Å²) in [6.07, 6.45) is 0. The van der Waals surface area contributed by atoms with Crippen molar-refractivity contribution in [2.75, 3.05) is 26.2 Å². The van der Waals surface area contributed by atoms with Crippen LogP contribution in [-0.4, -0.2) is 48.9 Å². The van der Waals surface area contributed by atoms with Gasteiger partial charge in [0.15, 0.2) is 0 Å². The third-order valence-electron chi connectivity index (χ3n) is 3.98. The van der Waals surface area contributed by atoms with Gasteiger partial charge in [0.25, 0.3) is 5.91 Å². The largest absolute Gasteiger partial charge is 0.353 e. The van der Waals surface area contributed by atoms with E-state index in [0.717, 1.165) is 19.6 Å². The fourth-order valence-corrected chi connectivity index (χ4v) is 2.61. The third-order valence-corrected chi connectivity index (χ3v) is 4.31.